The van der Waals surface area contributed by atoms with Gasteiger partial charge in [0.15, 0.2) is 0 Å². The molecule has 0 unspecified atom stereocenters. The van der Waals surface area contributed by atoms with Crippen LogP contribution in [0.4, 0.5) is 4.79 Å². The molecule has 1 aromatic rings. The summed E-state index contributed by atoms with van der Waals surface area (Å²) in [5.41, 5.74) is 1.26. The molecule has 3 aliphatic rings. The largest absolute Gasteiger partial charge is 0.448 e. The summed E-state index contributed by atoms with van der Waals surface area (Å²) in [7, 11) is 0. The van der Waals surface area contributed by atoms with E-state index in [4.69, 9.17) is 4.74 Å². The van der Waals surface area contributed by atoms with Gasteiger partial charge in [-0.15, -0.1) is 0 Å². The van der Waals surface area contributed by atoms with Crippen molar-refractivity contribution in [2.75, 3.05) is 39.3 Å². The number of aromatic nitrogens is 1. The Balaban J connectivity index is 1.35. The number of carbonyl (C=O) groups is 2. The molecule has 0 spiro atoms. The van der Waals surface area contributed by atoms with Gasteiger partial charge in [0.1, 0.15) is 13.2 Å². The first kappa shape index (κ1) is 15.4. The van der Waals surface area contributed by atoms with E-state index in [9.17, 15) is 9.59 Å². The van der Waals surface area contributed by atoms with Crippen LogP contribution in [-0.2, 0) is 16.1 Å². The highest BCUT2D eigenvalue weighted by atomic mass is 16.6. The van der Waals surface area contributed by atoms with Crippen LogP contribution < -0.4 is 0 Å². The molecule has 0 aliphatic carbocycles. The fourth-order valence-electron chi connectivity index (χ4n) is 4.00. The first-order chi connectivity index (χ1) is 11.7. The summed E-state index contributed by atoms with van der Waals surface area (Å²) >= 11 is 0. The lowest BCUT2D eigenvalue weighted by atomic mass is 10.1. The maximum Gasteiger partial charge on any atom is 0.410 e. The summed E-state index contributed by atoms with van der Waals surface area (Å²) in [6.07, 6.45) is 4.40. The minimum atomic E-state index is -0.373. The molecule has 0 N–H and O–H groups in total. The van der Waals surface area contributed by atoms with Crippen molar-refractivity contribution in [3.8, 4) is 0 Å². The second kappa shape index (κ2) is 6.39. The summed E-state index contributed by atoms with van der Waals surface area (Å²) < 4.78 is 4.89. The number of rotatable bonds is 4. The molecule has 3 saturated heterocycles. The van der Waals surface area contributed by atoms with Crippen molar-refractivity contribution >= 4 is 12.0 Å². The van der Waals surface area contributed by atoms with Gasteiger partial charge in [-0.05, 0) is 36.6 Å². The average molecular weight is 330 g/mol. The minimum absolute atomic E-state index is 0.0344. The van der Waals surface area contributed by atoms with Gasteiger partial charge < -0.3 is 9.64 Å². The van der Waals surface area contributed by atoms with E-state index in [1.165, 1.54) is 10.5 Å². The maximum atomic E-state index is 12.5. The highest BCUT2D eigenvalue weighted by Gasteiger charge is 2.43. The Hall–Kier alpha value is -2.15. The molecule has 1 aromatic heterocycles. The molecule has 0 saturated carbocycles. The number of carbonyl (C=O) groups excluding carboxylic acids is 2. The predicted molar refractivity (Wildman–Crippen MR) is 86.0 cm³/mol. The molecule has 0 radical (unpaired) electrons. The summed E-state index contributed by atoms with van der Waals surface area (Å²) in [4.78, 5) is 33.9. The molecule has 2 amide bonds. The van der Waals surface area contributed by atoms with Crippen LogP contribution in [0.2, 0.25) is 0 Å². The van der Waals surface area contributed by atoms with Gasteiger partial charge in [-0.25, -0.2) is 4.79 Å². The van der Waals surface area contributed by atoms with Crippen LogP contribution in [-0.4, -0.2) is 77.1 Å². The van der Waals surface area contributed by atoms with Gasteiger partial charge in [0.25, 0.3) is 0 Å². The van der Waals surface area contributed by atoms with Crippen molar-refractivity contribution in [2.24, 2.45) is 5.92 Å². The number of amides is 2. The second-order valence-electron chi connectivity index (χ2n) is 6.78. The van der Waals surface area contributed by atoms with E-state index >= 15 is 0 Å². The molecular formula is C17H22N4O3. The molecule has 24 heavy (non-hydrogen) atoms. The van der Waals surface area contributed by atoms with Crippen molar-refractivity contribution in [1.82, 2.24) is 19.7 Å². The van der Waals surface area contributed by atoms with Crippen LogP contribution in [0.5, 0.6) is 0 Å². The van der Waals surface area contributed by atoms with E-state index in [-0.39, 0.29) is 18.5 Å². The molecule has 128 valence electrons. The third-order valence-electron chi connectivity index (χ3n) is 5.32. The van der Waals surface area contributed by atoms with Crippen LogP contribution in [0.25, 0.3) is 0 Å². The van der Waals surface area contributed by atoms with Crippen molar-refractivity contribution in [2.45, 2.75) is 19.0 Å². The Morgan fingerprint density at radius 2 is 2.08 bits per heavy atom. The summed E-state index contributed by atoms with van der Waals surface area (Å²) in [6.45, 7) is 4.60. The fourth-order valence-corrected chi connectivity index (χ4v) is 4.00. The van der Waals surface area contributed by atoms with E-state index in [1.54, 1.807) is 0 Å². The first-order valence-corrected chi connectivity index (χ1v) is 8.53. The molecule has 0 bridgehead atoms. The molecule has 2 atom stereocenters. The van der Waals surface area contributed by atoms with Crippen molar-refractivity contribution < 1.29 is 14.3 Å². The molecule has 0 aromatic carbocycles. The number of hydrogen-bond donors (Lipinski definition) is 0. The highest BCUT2D eigenvalue weighted by Crippen LogP contribution is 2.32. The standard InChI is InChI=1S/C17H22N4O3/c22-16(12-20-7-8-24-17(20)23)21-10-14-3-6-19(15(14)11-21)9-13-1-4-18-5-2-13/h1-2,4-5,14-15H,3,6-12H2/t14-,15+/m0/s1. The van der Waals surface area contributed by atoms with Crippen molar-refractivity contribution in [3.05, 3.63) is 30.1 Å². The van der Waals surface area contributed by atoms with E-state index < -0.39 is 0 Å². The van der Waals surface area contributed by atoms with E-state index in [1.807, 2.05) is 29.4 Å². The van der Waals surface area contributed by atoms with E-state index in [0.717, 1.165) is 32.6 Å². The topological polar surface area (TPSA) is 66.0 Å². The average Bonchev–Trinajstić information content (AvgIpc) is 3.27. The maximum absolute atomic E-state index is 12.5. The third kappa shape index (κ3) is 2.96. The highest BCUT2D eigenvalue weighted by molar-refractivity contribution is 5.83. The zero-order chi connectivity index (χ0) is 16.5. The zero-order valence-corrected chi connectivity index (χ0v) is 13.6. The minimum Gasteiger partial charge on any atom is -0.448 e. The zero-order valence-electron chi connectivity index (χ0n) is 13.6. The summed E-state index contributed by atoms with van der Waals surface area (Å²) in [6, 6.07) is 4.52. The Bertz CT molecular complexity index is 624. The predicted octanol–water partition coefficient (Wildman–Crippen LogP) is 0.566. The van der Waals surface area contributed by atoms with Crippen molar-refractivity contribution in [1.29, 1.82) is 0 Å². The normalized spacial score (nSPS) is 26.8. The van der Waals surface area contributed by atoms with Gasteiger partial charge >= 0.3 is 6.09 Å². The van der Waals surface area contributed by atoms with E-state index in [0.29, 0.717) is 25.1 Å². The molecule has 4 heterocycles. The third-order valence-corrected chi connectivity index (χ3v) is 5.32. The number of likely N-dealkylation sites (tertiary alicyclic amines) is 2. The lowest BCUT2D eigenvalue weighted by molar-refractivity contribution is -0.131. The van der Waals surface area contributed by atoms with Crippen LogP contribution in [0, 0.1) is 5.92 Å². The lowest BCUT2D eigenvalue weighted by Gasteiger charge is -2.25. The van der Waals surface area contributed by atoms with Gasteiger partial charge in [-0.1, -0.05) is 0 Å². The smallest absolute Gasteiger partial charge is 0.410 e. The van der Waals surface area contributed by atoms with Gasteiger partial charge in [0, 0.05) is 38.1 Å². The Kier molecular flexibility index (Phi) is 4.10. The van der Waals surface area contributed by atoms with Gasteiger partial charge in [0.2, 0.25) is 5.91 Å². The van der Waals surface area contributed by atoms with E-state index in [2.05, 4.69) is 9.88 Å². The lowest BCUT2D eigenvalue weighted by Crippen LogP contribution is -2.42. The van der Waals surface area contributed by atoms with Crippen LogP contribution in [0.3, 0.4) is 0 Å². The van der Waals surface area contributed by atoms with Crippen LogP contribution >= 0.6 is 0 Å². The molecule has 7 heteroatoms. The Morgan fingerprint density at radius 1 is 1.25 bits per heavy atom. The number of fused-ring (bicyclic) bond motifs is 1. The number of pyridine rings is 1. The molecule has 7 nitrogen and oxygen atoms in total. The Morgan fingerprint density at radius 3 is 2.83 bits per heavy atom. The SMILES string of the molecule is O=C(CN1CCOC1=O)N1C[C@@H]2CCN(Cc3ccncc3)[C@@H]2C1. The molecular weight excluding hydrogens is 308 g/mol. The number of cyclic esters (lactones) is 1. The van der Waals surface area contributed by atoms with Gasteiger partial charge in [-0.3, -0.25) is 19.6 Å². The number of hydrogen-bond acceptors (Lipinski definition) is 5. The van der Waals surface area contributed by atoms with Gasteiger partial charge in [0.05, 0.1) is 6.54 Å². The molecule has 3 aliphatic heterocycles. The fraction of sp³-hybridized carbons (Fsp3) is 0.588. The first-order valence-electron chi connectivity index (χ1n) is 8.53. The summed E-state index contributed by atoms with van der Waals surface area (Å²) in [5, 5.41) is 0. The monoisotopic (exact) mass is 330 g/mol. The number of ether oxygens (including phenoxy) is 1. The molecule has 4 rings (SSSR count). The van der Waals surface area contributed by atoms with Crippen LogP contribution in [0.15, 0.2) is 24.5 Å². The number of nitrogens with zero attached hydrogens (tertiary/aromatic N) is 4. The second-order valence-corrected chi connectivity index (χ2v) is 6.78. The van der Waals surface area contributed by atoms with Crippen molar-refractivity contribution in [3.63, 3.8) is 0 Å². The van der Waals surface area contributed by atoms with Gasteiger partial charge in [-0.2, -0.15) is 0 Å². The Labute approximate surface area is 141 Å². The van der Waals surface area contributed by atoms with Crippen LogP contribution in [0.1, 0.15) is 12.0 Å². The molecule has 3 fully saturated rings. The summed E-state index contributed by atoms with van der Waals surface area (Å²) in [5.74, 6) is 0.577. The quantitative estimate of drug-likeness (QED) is 0.807.